The minimum Gasteiger partial charge on any atom is -0.477 e. The van der Waals surface area contributed by atoms with Crippen molar-refractivity contribution in [1.29, 1.82) is 0 Å². The first-order valence-electron chi connectivity index (χ1n) is 8.59. The average Bonchev–Trinajstić information content (AvgIpc) is 3.29. The number of aliphatic carboxylic acids is 1. The summed E-state index contributed by atoms with van der Waals surface area (Å²) in [6.45, 7) is 2.54. The zero-order valence-electron chi connectivity index (χ0n) is 16.2. The second-order valence-corrected chi connectivity index (χ2v) is 8.02. The van der Waals surface area contributed by atoms with Crippen molar-refractivity contribution in [2.45, 2.75) is 32.0 Å². The summed E-state index contributed by atoms with van der Waals surface area (Å²) in [6.07, 6.45) is -0.237. The number of carbonyl (C=O) groups excluding carboxylic acids is 3. The van der Waals surface area contributed by atoms with Gasteiger partial charge in [-0.1, -0.05) is 19.0 Å². The highest BCUT2D eigenvalue weighted by Crippen LogP contribution is 2.47. The van der Waals surface area contributed by atoms with Crippen molar-refractivity contribution in [1.82, 2.24) is 15.4 Å². The molecular formula is C16H19N5O8S. The number of thiazole rings is 1. The van der Waals surface area contributed by atoms with Crippen molar-refractivity contribution in [3.05, 3.63) is 11.1 Å². The number of carbonyl (C=O) groups is 4. The lowest BCUT2D eigenvalue weighted by Gasteiger charge is -2.39. The van der Waals surface area contributed by atoms with Gasteiger partial charge in [0.15, 0.2) is 10.8 Å². The number of rotatable bonds is 6. The molecule has 30 heavy (non-hydrogen) atoms. The van der Waals surface area contributed by atoms with Crippen LogP contribution in [-0.2, 0) is 33.6 Å². The number of hydrogen-bond donors (Lipinski definition) is 3. The number of carboxylic acid groups (broad SMARTS) is 1. The summed E-state index contributed by atoms with van der Waals surface area (Å²) in [4.78, 5) is 63.3. The molecule has 3 heterocycles. The summed E-state index contributed by atoms with van der Waals surface area (Å²) in [7, 11) is 1.22. The Labute approximate surface area is 173 Å². The molecule has 0 aromatic carbocycles. The Morgan fingerprint density at radius 3 is 2.67 bits per heavy atom. The van der Waals surface area contributed by atoms with E-state index in [4.69, 9.17) is 15.3 Å². The molecule has 2 atom stereocenters. The molecule has 4 N–H and O–H groups in total. The fourth-order valence-electron chi connectivity index (χ4n) is 3.25. The van der Waals surface area contributed by atoms with E-state index in [9.17, 15) is 24.3 Å². The van der Waals surface area contributed by atoms with Gasteiger partial charge in [-0.15, -0.1) is 11.3 Å². The average molecular weight is 441 g/mol. The number of carboxylic acids is 1. The van der Waals surface area contributed by atoms with Gasteiger partial charge in [-0.25, -0.2) is 9.78 Å². The molecule has 2 fully saturated rings. The quantitative estimate of drug-likeness (QED) is 0.284. The lowest BCUT2D eigenvalue weighted by Crippen LogP contribution is -2.63. The topological polar surface area (TPSA) is 183 Å². The smallest absolute Gasteiger partial charge is 0.373 e. The van der Waals surface area contributed by atoms with Crippen molar-refractivity contribution in [2.24, 2.45) is 10.6 Å². The van der Waals surface area contributed by atoms with Gasteiger partial charge in [0.05, 0.1) is 6.42 Å². The lowest BCUT2D eigenvalue weighted by molar-refractivity contribution is -0.277. The number of nitrogens with zero attached hydrogens (tertiary/aromatic N) is 3. The van der Waals surface area contributed by atoms with Gasteiger partial charge in [-0.05, 0) is 0 Å². The minimum atomic E-state index is -2.37. The third-order valence-corrected chi connectivity index (χ3v) is 5.35. The number of cyclic esters (lactones) is 1. The van der Waals surface area contributed by atoms with Crippen LogP contribution in [-0.4, -0.2) is 70.1 Å². The number of oxime groups is 1. The first kappa shape index (κ1) is 21.4. The number of nitrogen functional groups attached to an aromatic ring is 1. The number of nitrogens with one attached hydrogen (secondary N) is 1. The zero-order valence-corrected chi connectivity index (χ0v) is 17.0. The predicted molar refractivity (Wildman–Crippen MR) is 99.7 cm³/mol. The number of hydroxylamine groups is 2. The Kier molecular flexibility index (Phi) is 5.38. The Morgan fingerprint density at radius 1 is 1.47 bits per heavy atom. The van der Waals surface area contributed by atoms with Crippen molar-refractivity contribution in [3.8, 4) is 0 Å². The van der Waals surface area contributed by atoms with E-state index in [0.29, 0.717) is 5.06 Å². The van der Waals surface area contributed by atoms with E-state index in [1.807, 2.05) is 0 Å². The largest absolute Gasteiger partial charge is 0.477 e. The SMILES string of the molecule is CO/N=C(\C(=O)N[C@H]1CON(C2(C(=O)O)OC(=O)CC2(C)C)C1=O)c1csc(N)n1. The van der Waals surface area contributed by atoms with Gasteiger partial charge in [0.1, 0.15) is 25.5 Å². The summed E-state index contributed by atoms with van der Waals surface area (Å²) in [5.74, 6) is -4.08. The third kappa shape index (κ3) is 3.33. The standard InChI is InChI=1S/C16H19N5O8S/c1-15(2)4-9(22)29-16(15,13(25)26)21-12(24)7(5-28-21)18-11(23)10(20-27-3)8-6-30-14(17)19-8/h6-7H,4-5H2,1-3H3,(H2,17,19)(H,18,23)(H,25,26)/b20-10-/t7-,16?/m0/s1. The van der Waals surface area contributed by atoms with Crippen LogP contribution in [0.4, 0.5) is 5.13 Å². The molecule has 2 amide bonds. The maximum Gasteiger partial charge on any atom is 0.373 e. The summed E-state index contributed by atoms with van der Waals surface area (Å²) in [5.41, 5.74) is 1.81. The molecule has 1 unspecified atom stereocenters. The number of anilines is 1. The molecule has 1 aromatic heterocycles. The van der Waals surface area contributed by atoms with E-state index in [-0.39, 0.29) is 29.6 Å². The first-order valence-corrected chi connectivity index (χ1v) is 9.47. The van der Waals surface area contributed by atoms with Crippen LogP contribution in [0, 0.1) is 5.41 Å². The van der Waals surface area contributed by atoms with Crippen LogP contribution in [0.5, 0.6) is 0 Å². The van der Waals surface area contributed by atoms with Crippen LogP contribution in [0.15, 0.2) is 10.5 Å². The number of hydrogen-bond acceptors (Lipinski definition) is 11. The van der Waals surface area contributed by atoms with Crippen LogP contribution < -0.4 is 11.1 Å². The molecule has 13 nitrogen and oxygen atoms in total. The fourth-order valence-corrected chi connectivity index (χ4v) is 3.80. The van der Waals surface area contributed by atoms with Gasteiger partial charge in [0, 0.05) is 10.8 Å². The Morgan fingerprint density at radius 2 is 2.17 bits per heavy atom. The van der Waals surface area contributed by atoms with E-state index < -0.39 is 40.9 Å². The van der Waals surface area contributed by atoms with Crippen molar-refractivity contribution in [3.63, 3.8) is 0 Å². The van der Waals surface area contributed by atoms with Crippen molar-refractivity contribution in [2.75, 3.05) is 19.5 Å². The van der Waals surface area contributed by atoms with Gasteiger partial charge in [0.2, 0.25) is 0 Å². The highest BCUT2D eigenvalue weighted by atomic mass is 32.1. The molecule has 2 aliphatic heterocycles. The Bertz CT molecular complexity index is 944. The lowest BCUT2D eigenvalue weighted by atomic mass is 9.79. The van der Waals surface area contributed by atoms with E-state index in [2.05, 4.69) is 20.3 Å². The van der Waals surface area contributed by atoms with Gasteiger partial charge in [0.25, 0.3) is 11.8 Å². The van der Waals surface area contributed by atoms with Crippen molar-refractivity contribution >= 4 is 45.9 Å². The van der Waals surface area contributed by atoms with E-state index in [1.165, 1.54) is 26.3 Å². The summed E-state index contributed by atoms with van der Waals surface area (Å²) in [6, 6.07) is -1.26. The van der Waals surface area contributed by atoms with Crippen LogP contribution in [0.1, 0.15) is 26.0 Å². The number of nitrogens with two attached hydrogens (primary N) is 1. The molecular weight excluding hydrogens is 422 g/mol. The maximum atomic E-state index is 12.9. The second kappa shape index (κ2) is 7.53. The number of esters is 1. The highest BCUT2D eigenvalue weighted by molar-refractivity contribution is 7.13. The normalized spacial score (nSPS) is 25.9. The van der Waals surface area contributed by atoms with Crippen LogP contribution in [0.2, 0.25) is 0 Å². The monoisotopic (exact) mass is 441 g/mol. The Hall–Kier alpha value is -3.26. The van der Waals surface area contributed by atoms with E-state index >= 15 is 0 Å². The molecule has 0 spiro atoms. The molecule has 3 rings (SSSR count). The molecule has 14 heteroatoms. The number of ether oxygens (including phenoxy) is 1. The first-order chi connectivity index (χ1) is 14.0. The third-order valence-electron chi connectivity index (χ3n) is 4.68. The molecule has 0 radical (unpaired) electrons. The highest BCUT2D eigenvalue weighted by Gasteiger charge is 2.68. The molecule has 0 saturated carbocycles. The zero-order chi connectivity index (χ0) is 22.3. The van der Waals surface area contributed by atoms with Gasteiger partial charge < -0.3 is 25.7 Å². The molecule has 0 aliphatic carbocycles. The molecule has 2 aliphatic rings. The molecule has 2 saturated heterocycles. The van der Waals surface area contributed by atoms with Crippen molar-refractivity contribution < 1.29 is 38.7 Å². The molecule has 1 aromatic rings. The number of amides is 2. The van der Waals surface area contributed by atoms with E-state index in [0.717, 1.165) is 11.3 Å². The Balaban J connectivity index is 1.83. The van der Waals surface area contributed by atoms with Gasteiger partial charge in [-0.3, -0.25) is 19.2 Å². The van der Waals surface area contributed by atoms with E-state index in [1.54, 1.807) is 0 Å². The minimum absolute atomic E-state index is 0.132. The molecule has 0 bridgehead atoms. The number of aromatic nitrogens is 1. The molecule has 162 valence electrons. The summed E-state index contributed by atoms with van der Waals surface area (Å²) in [5, 5.41) is 18.0. The summed E-state index contributed by atoms with van der Waals surface area (Å²) < 4.78 is 5.05. The summed E-state index contributed by atoms with van der Waals surface area (Å²) >= 11 is 1.08. The van der Waals surface area contributed by atoms with Crippen LogP contribution >= 0.6 is 11.3 Å². The van der Waals surface area contributed by atoms with Crippen LogP contribution in [0.25, 0.3) is 0 Å². The van der Waals surface area contributed by atoms with Crippen LogP contribution in [0.3, 0.4) is 0 Å². The maximum absolute atomic E-state index is 12.9. The second-order valence-electron chi connectivity index (χ2n) is 7.13. The van der Waals surface area contributed by atoms with Gasteiger partial charge in [-0.2, -0.15) is 5.06 Å². The van der Waals surface area contributed by atoms with Gasteiger partial charge >= 0.3 is 17.7 Å². The predicted octanol–water partition coefficient (Wildman–Crippen LogP) is -0.912. The fraction of sp³-hybridized carbons (Fsp3) is 0.500.